The van der Waals surface area contributed by atoms with E-state index in [1.807, 2.05) is 18.4 Å². The first-order chi connectivity index (χ1) is 10.1. The predicted molar refractivity (Wildman–Crippen MR) is 89.0 cm³/mol. The number of anilines is 1. The molecule has 0 aliphatic carbocycles. The van der Waals surface area contributed by atoms with E-state index in [4.69, 9.17) is 17.3 Å². The third-order valence-corrected chi connectivity index (χ3v) is 4.48. The van der Waals surface area contributed by atoms with Gasteiger partial charge >= 0.3 is 0 Å². The molecule has 5 nitrogen and oxygen atoms in total. The van der Waals surface area contributed by atoms with Crippen LogP contribution >= 0.6 is 23.4 Å². The quantitative estimate of drug-likeness (QED) is 0.828. The van der Waals surface area contributed by atoms with Crippen LogP contribution in [0.25, 0.3) is 0 Å². The largest absolute Gasteiger partial charge is 0.353 e. The third-order valence-electron chi connectivity index (χ3n) is 3.54. The molecule has 1 saturated heterocycles. The van der Waals surface area contributed by atoms with Gasteiger partial charge in [-0.25, -0.2) is 4.98 Å². The molecule has 116 valence electrons. The minimum Gasteiger partial charge on any atom is -0.353 e. The Labute approximate surface area is 134 Å². The van der Waals surface area contributed by atoms with Crippen molar-refractivity contribution in [2.75, 3.05) is 30.0 Å². The summed E-state index contributed by atoms with van der Waals surface area (Å²) >= 11 is 7.85. The summed E-state index contributed by atoms with van der Waals surface area (Å²) in [5.41, 5.74) is 5.88. The molecule has 1 aliphatic heterocycles. The van der Waals surface area contributed by atoms with Crippen LogP contribution in [0.1, 0.15) is 12.8 Å². The first kappa shape index (κ1) is 16.4. The van der Waals surface area contributed by atoms with Gasteiger partial charge in [0.1, 0.15) is 5.82 Å². The van der Waals surface area contributed by atoms with Gasteiger partial charge in [-0.05, 0) is 37.0 Å². The molecule has 2 rings (SSSR count). The Bertz CT molecular complexity index is 488. The highest BCUT2D eigenvalue weighted by Gasteiger charge is 2.27. The van der Waals surface area contributed by atoms with Crippen molar-refractivity contribution in [2.45, 2.75) is 24.9 Å². The van der Waals surface area contributed by atoms with Crippen molar-refractivity contribution < 1.29 is 4.79 Å². The monoisotopic (exact) mass is 328 g/mol. The van der Waals surface area contributed by atoms with Crippen LogP contribution in [0.2, 0.25) is 5.02 Å². The molecule has 21 heavy (non-hydrogen) atoms. The van der Waals surface area contributed by atoms with Crippen molar-refractivity contribution >= 4 is 35.1 Å². The van der Waals surface area contributed by atoms with Crippen molar-refractivity contribution in [1.82, 2.24) is 10.3 Å². The number of hydrogen-bond donors (Lipinski definition) is 2. The Kier molecular flexibility index (Phi) is 6.14. The Morgan fingerprint density at radius 3 is 3.24 bits per heavy atom. The second-order valence-electron chi connectivity index (χ2n) is 5.14. The molecule has 0 saturated carbocycles. The summed E-state index contributed by atoms with van der Waals surface area (Å²) in [6, 6.07) is 3.32. The van der Waals surface area contributed by atoms with Crippen LogP contribution in [0.15, 0.2) is 18.3 Å². The molecular formula is C14H21ClN4OS. The highest BCUT2D eigenvalue weighted by molar-refractivity contribution is 7.98. The van der Waals surface area contributed by atoms with Crippen LogP contribution in [-0.4, -0.2) is 48.1 Å². The van der Waals surface area contributed by atoms with E-state index in [0.29, 0.717) is 11.4 Å². The van der Waals surface area contributed by atoms with Crippen LogP contribution in [0, 0.1) is 0 Å². The number of halogens is 1. The van der Waals surface area contributed by atoms with Crippen LogP contribution in [0.3, 0.4) is 0 Å². The summed E-state index contributed by atoms with van der Waals surface area (Å²) in [4.78, 5) is 18.4. The van der Waals surface area contributed by atoms with Crippen LogP contribution < -0.4 is 16.0 Å². The lowest BCUT2D eigenvalue weighted by atomic mass is 10.2. The first-order valence-corrected chi connectivity index (χ1v) is 8.79. The zero-order valence-electron chi connectivity index (χ0n) is 12.1. The van der Waals surface area contributed by atoms with Crippen molar-refractivity contribution in [3.05, 3.63) is 23.4 Å². The van der Waals surface area contributed by atoms with Crippen molar-refractivity contribution in [3.8, 4) is 0 Å². The van der Waals surface area contributed by atoms with E-state index in [2.05, 4.69) is 15.2 Å². The number of nitrogens with zero attached hydrogens (tertiary/aromatic N) is 2. The lowest BCUT2D eigenvalue weighted by Crippen LogP contribution is -2.46. The maximum Gasteiger partial charge on any atom is 0.237 e. The number of nitrogens with two attached hydrogens (primary N) is 1. The number of thioether (sulfide) groups is 1. The number of nitrogens with one attached hydrogen (secondary N) is 1. The maximum absolute atomic E-state index is 12.0. The van der Waals surface area contributed by atoms with Gasteiger partial charge in [-0.3, -0.25) is 4.79 Å². The van der Waals surface area contributed by atoms with E-state index in [0.717, 1.165) is 31.1 Å². The highest BCUT2D eigenvalue weighted by atomic mass is 35.5. The molecule has 2 heterocycles. The van der Waals surface area contributed by atoms with Gasteiger partial charge in [0.15, 0.2) is 0 Å². The summed E-state index contributed by atoms with van der Waals surface area (Å²) < 4.78 is 0. The smallest absolute Gasteiger partial charge is 0.237 e. The Morgan fingerprint density at radius 1 is 1.71 bits per heavy atom. The maximum atomic E-state index is 12.0. The second-order valence-corrected chi connectivity index (χ2v) is 6.53. The number of hydrogen-bond acceptors (Lipinski definition) is 5. The van der Waals surface area contributed by atoms with Gasteiger partial charge in [0, 0.05) is 25.3 Å². The van der Waals surface area contributed by atoms with Gasteiger partial charge < -0.3 is 16.0 Å². The summed E-state index contributed by atoms with van der Waals surface area (Å²) in [5, 5.41) is 3.66. The molecule has 1 aliphatic rings. The van der Waals surface area contributed by atoms with E-state index in [-0.39, 0.29) is 11.9 Å². The summed E-state index contributed by atoms with van der Waals surface area (Å²) in [7, 11) is 0. The highest BCUT2D eigenvalue weighted by Crippen LogP contribution is 2.25. The number of carbonyl (C=O) groups is 1. The Morgan fingerprint density at radius 2 is 2.52 bits per heavy atom. The minimum absolute atomic E-state index is 0.0667. The van der Waals surface area contributed by atoms with Gasteiger partial charge in [-0.15, -0.1) is 0 Å². The van der Waals surface area contributed by atoms with Gasteiger partial charge in [0.25, 0.3) is 0 Å². The summed E-state index contributed by atoms with van der Waals surface area (Å²) in [6.45, 7) is 1.56. The van der Waals surface area contributed by atoms with Gasteiger partial charge in [0.2, 0.25) is 5.91 Å². The van der Waals surface area contributed by atoms with E-state index in [1.54, 1.807) is 18.0 Å². The molecule has 7 heteroatoms. The molecule has 0 spiro atoms. The number of aromatic nitrogens is 1. The van der Waals surface area contributed by atoms with E-state index >= 15 is 0 Å². The lowest BCUT2D eigenvalue weighted by molar-refractivity contribution is -0.122. The minimum atomic E-state index is -0.426. The standard InChI is InChI=1S/C14H21ClN4OS/c1-21-8-5-12(16)14(20)18-10-4-7-19(9-10)13-11(15)3-2-6-17-13/h2-3,6,10,12H,4-5,7-9,16H2,1H3,(H,18,20)/t10?,12-/m0/s1. The van der Waals surface area contributed by atoms with Crippen LogP contribution in [0.4, 0.5) is 5.82 Å². The third kappa shape index (κ3) is 4.49. The van der Waals surface area contributed by atoms with Crippen molar-refractivity contribution in [2.24, 2.45) is 5.73 Å². The van der Waals surface area contributed by atoms with Gasteiger partial charge in [0.05, 0.1) is 11.1 Å². The molecule has 0 aromatic carbocycles. The topological polar surface area (TPSA) is 71.2 Å². The Hall–Kier alpha value is -0.980. The fourth-order valence-electron chi connectivity index (χ4n) is 2.36. The Balaban J connectivity index is 1.85. The summed E-state index contributed by atoms with van der Waals surface area (Å²) in [6.07, 6.45) is 5.32. The van der Waals surface area contributed by atoms with Crippen molar-refractivity contribution in [1.29, 1.82) is 0 Å². The van der Waals surface area contributed by atoms with Crippen LogP contribution in [-0.2, 0) is 4.79 Å². The molecule has 0 radical (unpaired) electrons. The van der Waals surface area contributed by atoms with E-state index in [1.165, 1.54) is 0 Å². The average Bonchev–Trinajstić information content (AvgIpc) is 2.93. The molecule has 1 unspecified atom stereocenters. The van der Waals surface area contributed by atoms with Crippen LogP contribution in [0.5, 0.6) is 0 Å². The molecule has 1 aromatic rings. The van der Waals surface area contributed by atoms with E-state index in [9.17, 15) is 4.79 Å². The lowest BCUT2D eigenvalue weighted by Gasteiger charge is -2.20. The zero-order valence-corrected chi connectivity index (χ0v) is 13.7. The molecule has 1 aromatic heterocycles. The van der Waals surface area contributed by atoms with Gasteiger partial charge in [-0.1, -0.05) is 11.6 Å². The molecule has 3 N–H and O–H groups in total. The molecule has 2 atom stereocenters. The number of carbonyl (C=O) groups excluding carboxylic acids is 1. The number of amides is 1. The normalized spacial score (nSPS) is 19.6. The predicted octanol–water partition coefficient (Wildman–Crippen LogP) is 1.51. The van der Waals surface area contributed by atoms with E-state index < -0.39 is 6.04 Å². The molecule has 1 fully saturated rings. The zero-order chi connectivity index (χ0) is 15.2. The summed E-state index contributed by atoms with van der Waals surface area (Å²) in [5.74, 6) is 1.61. The second kappa shape index (κ2) is 7.87. The van der Waals surface area contributed by atoms with Gasteiger partial charge in [-0.2, -0.15) is 11.8 Å². The number of rotatable bonds is 6. The fraction of sp³-hybridized carbons (Fsp3) is 0.571. The van der Waals surface area contributed by atoms with Crippen molar-refractivity contribution in [3.63, 3.8) is 0 Å². The molecular weight excluding hydrogens is 308 g/mol. The first-order valence-electron chi connectivity index (χ1n) is 7.02. The average molecular weight is 329 g/mol. The fourth-order valence-corrected chi connectivity index (χ4v) is 3.10. The number of pyridine rings is 1. The molecule has 1 amide bonds. The molecule has 0 bridgehead atoms. The SMILES string of the molecule is CSCC[C@H](N)C(=O)NC1CCN(c2ncccc2Cl)C1.